The summed E-state index contributed by atoms with van der Waals surface area (Å²) in [6, 6.07) is 6.19. The first-order chi connectivity index (χ1) is 9.98. The maximum Gasteiger partial charge on any atom is 0.243 e. The van der Waals surface area contributed by atoms with Crippen molar-refractivity contribution in [2.45, 2.75) is 36.7 Å². The van der Waals surface area contributed by atoms with Crippen molar-refractivity contribution < 1.29 is 17.9 Å². The predicted octanol–water partition coefficient (Wildman–Crippen LogP) is 1.20. The van der Waals surface area contributed by atoms with Gasteiger partial charge in [0.25, 0.3) is 0 Å². The number of nitrogens with one attached hydrogen (secondary N) is 1. The van der Waals surface area contributed by atoms with Gasteiger partial charge in [-0.05, 0) is 37.1 Å². The fourth-order valence-corrected chi connectivity index (χ4v) is 4.86. The Morgan fingerprint density at radius 3 is 2.29 bits per heavy atom. The molecule has 3 rings (SSSR count). The summed E-state index contributed by atoms with van der Waals surface area (Å²) in [5.74, 6) is -0.183. The van der Waals surface area contributed by atoms with Gasteiger partial charge in [-0.3, -0.25) is 4.79 Å². The number of carbonyl (C=O) groups excluding carboxylic acids is 1. The third kappa shape index (κ3) is 2.68. The van der Waals surface area contributed by atoms with Crippen molar-refractivity contribution in [1.82, 2.24) is 4.31 Å². The van der Waals surface area contributed by atoms with Crippen LogP contribution in [0.5, 0.6) is 0 Å². The zero-order chi connectivity index (χ0) is 15.0. The molecule has 0 radical (unpaired) electrons. The number of rotatable bonds is 3. The van der Waals surface area contributed by atoms with Gasteiger partial charge in [-0.25, -0.2) is 8.42 Å². The van der Waals surface area contributed by atoms with Crippen molar-refractivity contribution in [3.05, 3.63) is 24.3 Å². The van der Waals surface area contributed by atoms with E-state index in [0.29, 0.717) is 18.9 Å². The zero-order valence-corrected chi connectivity index (χ0v) is 12.6. The number of benzene rings is 1. The first-order valence-electron chi connectivity index (χ1n) is 6.97. The molecule has 0 aliphatic carbocycles. The number of anilines is 1. The third-order valence-corrected chi connectivity index (χ3v) is 5.94. The molecule has 0 spiro atoms. The topological polar surface area (TPSA) is 75.7 Å². The van der Waals surface area contributed by atoms with Gasteiger partial charge in [0.15, 0.2) is 0 Å². The molecule has 1 N–H and O–H groups in total. The van der Waals surface area contributed by atoms with Crippen molar-refractivity contribution >= 4 is 21.6 Å². The van der Waals surface area contributed by atoms with Crippen LogP contribution in [0, 0.1) is 0 Å². The lowest BCUT2D eigenvalue weighted by Crippen LogP contribution is -2.48. The van der Waals surface area contributed by atoms with Crippen LogP contribution in [-0.2, 0) is 19.6 Å². The summed E-state index contributed by atoms with van der Waals surface area (Å²) in [7, 11) is -3.50. The minimum Gasteiger partial charge on any atom is -0.378 e. The molecule has 6 nitrogen and oxygen atoms in total. The normalized spacial score (nSPS) is 25.8. The minimum absolute atomic E-state index is 0.0521. The average molecular weight is 310 g/mol. The number of hydrogen-bond acceptors (Lipinski definition) is 4. The first-order valence-corrected chi connectivity index (χ1v) is 8.41. The van der Waals surface area contributed by atoms with Gasteiger partial charge in [-0.2, -0.15) is 4.31 Å². The Bertz CT molecular complexity index is 625. The second-order valence-electron chi connectivity index (χ2n) is 5.46. The maximum atomic E-state index is 12.8. The van der Waals surface area contributed by atoms with Gasteiger partial charge in [-0.1, -0.05) is 0 Å². The van der Waals surface area contributed by atoms with Gasteiger partial charge < -0.3 is 10.1 Å². The molecule has 2 aliphatic rings. The second-order valence-corrected chi connectivity index (χ2v) is 7.31. The lowest BCUT2D eigenvalue weighted by molar-refractivity contribution is -0.114. The highest BCUT2D eigenvalue weighted by atomic mass is 32.2. The Balaban J connectivity index is 1.86. The number of sulfonamides is 1. The van der Waals surface area contributed by atoms with E-state index in [2.05, 4.69) is 5.32 Å². The molecule has 1 aromatic rings. The molecule has 7 heteroatoms. The zero-order valence-electron chi connectivity index (χ0n) is 11.8. The Morgan fingerprint density at radius 1 is 1.19 bits per heavy atom. The van der Waals surface area contributed by atoms with Crippen molar-refractivity contribution in [2.24, 2.45) is 0 Å². The highest BCUT2D eigenvalue weighted by molar-refractivity contribution is 7.89. The van der Waals surface area contributed by atoms with Crippen LogP contribution < -0.4 is 5.32 Å². The van der Waals surface area contributed by atoms with Gasteiger partial charge in [0.1, 0.15) is 0 Å². The number of morpholine rings is 1. The molecule has 0 saturated carbocycles. The van der Waals surface area contributed by atoms with Crippen LogP contribution in [0.1, 0.15) is 19.8 Å². The predicted molar refractivity (Wildman–Crippen MR) is 77.4 cm³/mol. The first kappa shape index (κ1) is 14.5. The number of hydrogen-bond donors (Lipinski definition) is 1. The van der Waals surface area contributed by atoms with E-state index in [1.807, 2.05) is 0 Å². The summed E-state index contributed by atoms with van der Waals surface area (Å²) < 4.78 is 32.6. The molecule has 2 saturated heterocycles. The van der Waals surface area contributed by atoms with E-state index in [0.717, 1.165) is 12.8 Å². The summed E-state index contributed by atoms with van der Waals surface area (Å²) in [5, 5.41) is 2.63. The molecule has 0 aromatic heterocycles. The van der Waals surface area contributed by atoms with Gasteiger partial charge in [-0.15, -0.1) is 0 Å². The fraction of sp³-hybridized carbons (Fsp3) is 0.500. The molecule has 21 heavy (non-hydrogen) atoms. The molecule has 2 bridgehead atoms. The van der Waals surface area contributed by atoms with Crippen molar-refractivity contribution in [3.8, 4) is 0 Å². The van der Waals surface area contributed by atoms with Crippen LogP contribution in [0.25, 0.3) is 0 Å². The molecule has 1 amide bonds. The molecule has 2 fully saturated rings. The van der Waals surface area contributed by atoms with Gasteiger partial charge in [0, 0.05) is 24.7 Å². The highest BCUT2D eigenvalue weighted by Crippen LogP contribution is 2.34. The standard InChI is InChI=1S/C14H18N2O4S/c1-10(17)15-11-2-6-14(7-3-11)21(18,19)16-12-4-5-13(16)9-20-8-12/h2-3,6-7,12-13H,4-5,8-9H2,1H3,(H,15,17)/t12-,13+. The van der Waals surface area contributed by atoms with Gasteiger partial charge in [0.05, 0.1) is 18.1 Å². The van der Waals surface area contributed by atoms with Gasteiger partial charge >= 0.3 is 0 Å². The molecule has 1 aromatic carbocycles. The summed E-state index contributed by atoms with van der Waals surface area (Å²) in [6.45, 7) is 2.36. The molecule has 2 atom stereocenters. The van der Waals surface area contributed by atoms with Crippen LogP contribution in [-0.4, -0.2) is 43.9 Å². The smallest absolute Gasteiger partial charge is 0.243 e. The average Bonchev–Trinajstić information content (AvgIpc) is 2.70. The fourth-order valence-electron chi connectivity index (χ4n) is 3.02. The lowest BCUT2D eigenvalue weighted by Gasteiger charge is -2.33. The summed E-state index contributed by atoms with van der Waals surface area (Å²) in [4.78, 5) is 11.2. The molecular formula is C14H18N2O4S. The number of carbonyl (C=O) groups is 1. The number of nitrogens with zero attached hydrogens (tertiary/aromatic N) is 1. The summed E-state index contributed by atoms with van der Waals surface area (Å²) >= 11 is 0. The van der Waals surface area contributed by atoms with Crippen molar-refractivity contribution in [1.29, 1.82) is 0 Å². The Morgan fingerprint density at radius 2 is 1.76 bits per heavy atom. The molecular weight excluding hydrogens is 292 g/mol. The summed E-state index contributed by atoms with van der Waals surface area (Å²) in [6.07, 6.45) is 1.71. The van der Waals surface area contributed by atoms with E-state index in [-0.39, 0.29) is 22.9 Å². The van der Waals surface area contributed by atoms with Crippen molar-refractivity contribution in [3.63, 3.8) is 0 Å². The maximum absolute atomic E-state index is 12.8. The molecule has 2 aliphatic heterocycles. The van der Waals surface area contributed by atoms with Crippen LogP contribution in [0.4, 0.5) is 5.69 Å². The monoisotopic (exact) mass is 310 g/mol. The minimum atomic E-state index is -3.50. The van der Waals surface area contributed by atoms with Crippen LogP contribution in [0.15, 0.2) is 29.2 Å². The lowest BCUT2D eigenvalue weighted by atomic mass is 10.2. The van der Waals surface area contributed by atoms with Gasteiger partial charge in [0.2, 0.25) is 15.9 Å². The molecule has 2 heterocycles. The van der Waals surface area contributed by atoms with E-state index < -0.39 is 10.0 Å². The van der Waals surface area contributed by atoms with Crippen LogP contribution >= 0.6 is 0 Å². The Labute approximate surface area is 124 Å². The number of ether oxygens (including phenoxy) is 1. The SMILES string of the molecule is CC(=O)Nc1ccc(S(=O)(=O)N2[C@@H]3CC[C@H]2COC3)cc1. The Hall–Kier alpha value is -1.44. The van der Waals surface area contributed by atoms with E-state index in [9.17, 15) is 13.2 Å². The Kier molecular flexibility index (Phi) is 3.73. The van der Waals surface area contributed by atoms with E-state index in [1.165, 1.54) is 19.1 Å². The quantitative estimate of drug-likeness (QED) is 0.910. The largest absolute Gasteiger partial charge is 0.378 e. The molecule has 0 unspecified atom stereocenters. The van der Waals surface area contributed by atoms with Crippen LogP contribution in [0.2, 0.25) is 0 Å². The second kappa shape index (κ2) is 5.40. The van der Waals surface area contributed by atoms with E-state index in [4.69, 9.17) is 4.74 Å². The molecule has 114 valence electrons. The number of fused-ring (bicyclic) bond motifs is 2. The highest BCUT2D eigenvalue weighted by Gasteiger charge is 2.44. The number of amides is 1. The van der Waals surface area contributed by atoms with E-state index >= 15 is 0 Å². The third-order valence-electron chi connectivity index (χ3n) is 3.92. The van der Waals surface area contributed by atoms with Crippen molar-refractivity contribution in [2.75, 3.05) is 18.5 Å². The van der Waals surface area contributed by atoms with E-state index in [1.54, 1.807) is 16.4 Å². The van der Waals surface area contributed by atoms with Crippen LogP contribution in [0.3, 0.4) is 0 Å². The summed E-state index contributed by atoms with van der Waals surface area (Å²) in [5.41, 5.74) is 0.589.